The van der Waals surface area contributed by atoms with Crippen LogP contribution in [0.25, 0.3) is 0 Å². The Bertz CT molecular complexity index is 655. The number of rotatable bonds is 6. The highest BCUT2D eigenvalue weighted by molar-refractivity contribution is 7.89. The minimum atomic E-state index is -3.57. The molecule has 136 valence electrons. The molecule has 0 spiro atoms. The van der Waals surface area contributed by atoms with Crippen molar-refractivity contribution in [1.82, 2.24) is 9.21 Å². The van der Waals surface area contributed by atoms with Crippen LogP contribution in [0.2, 0.25) is 0 Å². The highest BCUT2D eigenvalue weighted by atomic mass is 32.2. The lowest BCUT2D eigenvalue weighted by Gasteiger charge is -2.36. The molecule has 1 aliphatic heterocycles. The van der Waals surface area contributed by atoms with Gasteiger partial charge in [-0.25, -0.2) is 8.42 Å². The number of benzene rings is 1. The molecule has 1 heterocycles. The van der Waals surface area contributed by atoms with Gasteiger partial charge in [0, 0.05) is 19.2 Å². The lowest BCUT2D eigenvalue weighted by atomic mass is 9.91. The topological polar surface area (TPSA) is 59.1 Å². The first-order valence-electron chi connectivity index (χ1n) is 8.20. The number of methoxy groups -OCH3 is 2. The van der Waals surface area contributed by atoms with E-state index in [1.165, 1.54) is 24.6 Å². The fraction of sp³-hybridized carbons (Fsp3) is 0.647. The van der Waals surface area contributed by atoms with E-state index in [0.29, 0.717) is 17.4 Å². The number of likely N-dealkylation sites (tertiary alicyclic amines) is 1. The number of hydrogen-bond donors (Lipinski definition) is 0. The third-order valence-corrected chi connectivity index (χ3v) is 6.99. The molecule has 1 fully saturated rings. The molecular formula is C17H28N2O4S. The zero-order valence-corrected chi connectivity index (χ0v) is 16.0. The summed E-state index contributed by atoms with van der Waals surface area (Å²) in [5.74, 6) is 1.31. The van der Waals surface area contributed by atoms with Gasteiger partial charge in [0.15, 0.2) is 11.5 Å². The normalized spacial score (nSPS) is 18.6. The Morgan fingerprint density at radius 3 is 2.29 bits per heavy atom. The molecule has 0 aromatic heterocycles. The first-order chi connectivity index (χ1) is 11.3. The van der Waals surface area contributed by atoms with Crippen molar-refractivity contribution in [3.63, 3.8) is 0 Å². The Morgan fingerprint density at radius 2 is 1.75 bits per heavy atom. The summed E-state index contributed by atoms with van der Waals surface area (Å²) >= 11 is 0. The van der Waals surface area contributed by atoms with Gasteiger partial charge in [0.1, 0.15) is 0 Å². The van der Waals surface area contributed by atoms with Crippen molar-refractivity contribution in [3.05, 3.63) is 18.2 Å². The van der Waals surface area contributed by atoms with Gasteiger partial charge in [-0.3, -0.25) is 0 Å². The maximum absolute atomic E-state index is 13.0. The largest absolute Gasteiger partial charge is 0.493 e. The monoisotopic (exact) mass is 356 g/mol. The van der Waals surface area contributed by atoms with Gasteiger partial charge in [-0.15, -0.1) is 0 Å². The van der Waals surface area contributed by atoms with Gasteiger partial charge in [-0.05, 0) is 58.0 Å². The van der Waals surface area contributed by atoms with E-state index in [1.54, 1.807) is 19.2 Å². The zero-order chi connectivity index (χ0) is 17.9. The van der Waals surface area contributed by atoms with Crippen molar-refractivity contribution in [2.24, 2.45) is 5.92 Å². The van der Waals surface area contributed by atoms with Gasteiger partial charge in [0.05, 0.1) is 19.1 Å². The van der Waals surface area contributed by atoms with Crippen molar-refractivity contribution in [3.8, 4) is 11.5 Å². The van der Waals surface area contributed by atoms with Crippen molar-refractivity contribution in [1.29, 1.82) is 0 Å². The average molecular weight is 356 g/mol. The Balaban J connectivity index is 2.22. The molecule has 0 N–H and O–H groups in total. The van der Waals surface area contributed by atoms with Crippen molar-refractivity contribution >= 4 is 10.0 Å². The van der Waals surface area contributed by atoms with Crippen LogP contribution in [0.15, 0.2) is 23.1 Å². The highest BCUT2D eigenvalue weighted by Gasteiger charge is 2.32. The van der Waals surface area contributed by atoms with Crippen molar-refractivity contribution < 1.29 is 17.9 Å². The predicted molar refractivity (Wildman–Crippen MR) is 94.2 cm³/mol. The van der Waals surface area contributed by atoms with Crippen molar-refractivity contribution in [2.45, 2.75) is 30.7 Å². The van der Waals surface area contributed by atoms with Gasteiger partial charge >= 0.3 is 0 Å². The van der Waals surface area contributed by atoms with Crippen LogP contribution in [0, 0.1) is 5.92 Å². The number of nitrogens with zero attached hydrogens (tertiary/aromatic N) is 2. The van der Waals surface area contributed by atoms with Crippen molar-refractivity contribution in [2.75, 3.05) is 41.4 Å². The van der Waals surface area contributed by atoms with E-state index in [-0.39, 0.29) is 10.9 Å². The number of ether oxygens (including phenoxy) is 2. The molecule has 1 aromatic rings. The average Bonchev–Trinajstić information content (AvgIpc) is 2.60. The van der Waals surface area contributed by atoms with Crippen LogP contribution in [0.3, 0.4) is 0 Å². The third-order valence-electron chi connectivity index (χ3n) is 5.05. The summed E-state index contributed by atoms with van der Waals surface area (Å²) in [4.78, 5) is 2.51. The predicted octanol–water partition coefficient (Wildman–Crippen LogP) is 2.05. The van der Waals surface area contributed by atoms with E-state index in [9.17, 15) is 8.42 Å². The molecule has 24 heavy (non-hydrogen) atoms. The molecule has 1 saturated heterocycles. The quantitative estimate of drug-likeness (QED) is 0.781. The molecule has 1 aromatic carbocycles. The Kier molecular flexibility index (Phi) is 6.11. The Morgan fingerprint density at radius 1 is 1.17 bits per heavy atom. The van der Waals surface area contributed by atoms with Crippen LogP contribution in [0.4, 0.5) is 0 Å². The second kappa shape index (κ2) is 7.72. The molecular weight excluding hydrogens is 328 g/mol. The van der Waals surface area contributed by atoms with E-state index >= 15 is 0 Å². The molecule has 0 saturated carbocycles. The summed E-state index contributed by atoms with van der Waals surface area (Å²) < 4.78 is 37.8. The van der Waals surface area contributed by atoms with Crippen LogP contribution < -0.4 is 9.47 Å². The second-order valence-electron chi connectivity index (χ2n) is 6.42. The SMILES string of the molecule is COc1ccc(S(=O)(=O)N(C)[C@@H](C)C2CCN(C)CC2)cc1OC. The molecule has 1 aliphatic rings. The second-order valence-corrected chi connectivity index (χ2v) is 8.42. The molecule has 0 bridgehead atoms. The minimum Gasteiger partial charge on any atom is -0.493 e. The first kappa shape index (κ1) is 19.0. The molecule has 0 unspecified atom stereocenters. The maximum Gasteiger partial charge on any atom is 0.243 e. The summed E-state index contributed by atoms with van der Waals surface area (Å²) in [5, 5.41) is 0. The Labute approximate surface area is 145 Å². The van der Waals surface area contributed by atoms with E-state index in [1.807, 2.05) is 6.92 Å². The van der Waals surface area contributed by atoms with Crippen LogP contribution in [-0.2, 0) is 10.0 Å². The summed E-state index contributed by atoms with van der Waals surface area (Å²) in [5.41, 5.74) is 0. The third kappa shape index (κ3) is 3.84. The van der Waals surface area contributed by atoms with Crippen LogP contribution in [0.1, 0.15) is 19.8 Å². The van der Waals surface area contributed by atoms with Gasteiger partial charge in [-0.2, -0.15) is 4.31 Å². The van der Waals surface area contributed by atoms with E-state index in [0.717, 1.165) is 25.9 Å². The van der Waals surface area contributed by atoms with Gasteiger partial charge in [0.2, 0.25) is 10.0 Å². The molecule has 0 radical (unpaired) electrons. The maximum atomic E-state index is 13.0. The van der Waals surface area contributed by atoms with Gasteiger partial charge < -0.3 is 14.4 Å². The summed E-state index contributed by atoms with van der Waals surface area (Å²) in [6, 6.07) is 4.66. The van der Waals surface area contributed by atoms with Crippen LogP contribution >= 0.6 is 0 Å². The molecule has 2 rings (SSSR count). The molecule has 0 amide bonds. The van der Waals surface area contributed by atoms with E-state index in [2.05, 4.69) is 11.9 Å². The Hall–Kier alpha value is -1.31. The molecule has 6 nitrogen and oxygen atoms in total. The fourth-order valence-electron chi connectivity index (χ4n) is 3.17. The van der Waals surface area contributed by atoms with Gasteiger partial charge in [-0.1, -0.05) is 0 Å². The first-order valence-corrected chi connectivity index (χ1v) is 9.64. The lowest BCUT2D eigenvalue weighted by Crippen LogP contribution is -2.44. The lowest BCUT2D eigenvalue weighted by molar-refractivity contribution is 0.165. The molecule has 1 atom stereocenters. The minimum absolute atomic E-state index is 0.0446. The summed E-state index contributed by atoms with van der Waals surface area (Å²) in [6.45, 7) is 4.02. The number of sulfonamides is 1. The summed E-state index contributed by atoms with van der Waals surface area (Å²) in [6.07, 6.45) is 2.03. The molecule has 7 heteroatoms. The summed E-state index contributed by atoms with van der Waals surface area (Å²) in [7, 11) is 3.22. The number of piperidine rings is 1. The highest BCUT2D eigenvalue weighted by Crippen LogP contribution is 2.32. The standard InChI is InChI=1S/C17H28N2O4S/c1-13(14-8-10-18(2)11-9-14)19(3)24(20,21)15-6-7-16(22-4)17(12-15)23-5/h6-7,12-14H,8-11H2,1-5H3/t13-/m0/s1. The molecule has 0 aliphatic carbocycles. The van der Waals surface area contributed by atoms with E-state index < -0.39 is 10.0 Å². The number of hydrogen-bond acceptors (Lipinski definition) is 5. The fourth-order valence-corrected chi connectivity index (χ4v) is 4.61. The van der Waals surface area contributed by atoms with E-state index in [4.69, 9.17) is 9.47 Å². The smallest absolute Gasteiger partial charge is 0.243 e. The van der Waals surface area contributed by atoms with Crippen LogP contribution in [0.5, 0.6) is 11.5 Å². The zero-order valence-electron chi connectivity index (χ0n) is 15.2. The van der Waals surface area contributed by atoms with Crippen LogP contribution in [-0.4, -0.2) is 65.1 Å². The van der Waals surface area contributed by atoms with Gasteiger partial charge in [0.25, 0.3) is 0 Å².